The molecule has 4 heteroatoms. The van der Waals surface area contributed by atoms with Crippen molar-refractivity contribution in [2.24, 2.45) is 0 Å². The zero-order valence-corrected chi connectivity index (χ0v) is 13.9. The predicted octanol–water partition coefficient (Wildman–Crippen LogP) is 2.13. The van der Waals surface area contributed by atoms with Crippen LogP contribution in [0.3, 0.4) is 0 Å². The third kappa shape index (κ3) is 3.74. The van der Waals surface area contributed by atoms with Crippen LogP contribution in [0.2, 0.25) is 0 Å². The summed E-state index contributed by atoms with van der Waals surface area (Å²) in [6.07, 6.45) is 3.07. The topological polar surface area (TPSA) is 37.3 Å². The number of hydrogen-bond donors (Lipinski definition) is 1. The lowest BCUT2D eigenvalue weighted by Crippen LogP contribution is -2.37. The number of nitrogens with zero attached hydrogens (tertiary/aromatic N) is 2. The van der Waals surface area contributed by atoms with Gasteiger partial charge in [0.1, 0.15) is 0 Å². The SMILES string of the molecule is CCCn1c2c(cc(CNC(C)CC)c1=O)CN(C)CC2. The fourth-order valence-electron chi connectivity index (χ4n) is 2.94. The fraction of sp³-hybridized carbons (Fsp3) is 0.706. The molecule has 1 atom stereocenters. The Bertz CT molecular complexity index is 536. The van der Waals surface area contributed by atoms with Gasteiger partial charge in [-0.1, -0.05) is 13.8 Å². The number of hydrogen-bond acceptors (Lipinski definition) is 3. The third-order valence-electron chi connectivity index (χ3n) is 4.44. The lowest BCUT2D eigenvalue weighted by molar-refractivity contribution is 0.303. The van der Waals surface area contributed by atoms with Crippen LogP contribution in [-0.4, -0.2) is 29.1 Å². The highest BCUT2D eigenvalue weighted by Gasteiger charge is 2.19. The maximum Gasteiger partial charge on any atom is 0.255 e. The number of pyridine rings is 1. The van der Waals surface area contributed by atoms with Gasteiger partial charge in [0.15, 0.2) is 0 Å². The molecule has 0 saturated carbocycles. The van der Waals surface area contributed by atoms with E-state index in [4.69, 9.17) is 0 Å². The van der Waals surface area contributed by atoms with Gasteiger partial charge in [0, 0.05) is 49.9 Å². The van der Waals surface area contributed by atoms with Crippen LogP contribution in [0.4, 0.5) is 0 Å². The molecule has 2 rings (SSSR count). The van der Waals surface area contributed by atoms with Crippen molar-refractivity contribution >= 4 is 0 Å². The first-order chi connectivity index (χ1) is 10.1. The number of likely N-dealkylation sites (N-methyl/N-ethyl adjacent to an activating group) is 1. The van der Waals surface area contributed by atoms with Gasteiger partial charge >= 0.3 is 0 Å². The normalized spacial score (nSPS) is 16.8. The average molecular weight is 291 g/mol. The molecule has 1 aromatic rings. The Kier molecular flexibility index (Phi) is 5.59. The monoisotopic (exact) mass is 291 g/mol. The molecule has 0 spiro atoms. The molecular weight excluding hydrogens is 262 g/mol. The number of aromatic nitrogens is 1. The highest BCUT2D eigenvalue weighted by atomic mass is 16.1. The van der Waals surface area contributed by atoms with E-state index in [9.17, 15) is 4.79 Å². The molecule has 0 aliphatic carbocycles. The summed E-state index contributed by atoms with van der Waals surface area (Å²) in [7, 11) is 2.15. The summed E-state index contributed by atoms with van der Waals surface area (Å²) >= 11 is 0. The van der Waals surface area contributed by atoms with Crippen molar-refractivity contribution < 1.29 is 0 Å². The van der Waals surface area contributed by atoms with Gasteiger partial charge < -0.3 is 14.8 Å². The summed E-state index contributed by atoms with van der Waals surface area (Å²) in [5.41, 5.74) is 3.71. The molecular formula is C17H29N3O. The molecule has 21 heavy (non-hydrogen) atoms. The third-order valence-corrected chi connectivity index (χ3v) is 4.44. The van der Waals surface area contributed by atoms with E-state index in [2.05, 4.69) is 44.1 Å². The summed E-state index contributed by atoms with van der Waals surface area (Å²) in [5.74, 6) is 0. The van der Waals surface area contributed by atoms with Crippen molar-refractivity contribution in [3.8, 4) is 0 Å². The van der Waals surface area contributed by atoms with Crippen LogP contribution >= 0.6 is 0 Å². The molecule has 118 valence electrons. The summed E-state index contributed by atoms with van der Waals surface area (Å²) in [4.78, 5) is 15.1. The van der Waals surface area contributed by atoms with Gasteiger partial charge in [0.05, 0.1) is 0 Å². The number of nitrogens with one attached hydrogen (secondary N) is 1. The minimum absolute atomic E-state index is 0.205. The molecule has 4 nitrogen and oxygen atoms in total. The molecule has 1 unspecified atom stereocenters. The van der Waals surface area contributed by atoms with Crippen molar-refractivity contribution in [3.63, 3.8) is 0 Å². The van der Waals surface area contributed by atoms with Crippen LogP contribution in [0.5, 0.6) is 0 Å². The first-order valence-corrected chi connectivity index (χ1v) is 8.23. The second kappa shape index (κ2) is 7.23. The van der Waals surface area contributed by atoms with E-state index in [0.29, 0.717) is 12.6 Å². The first-order valence-electron chi connectivity index (χ1n) is 8.23. The highest BCUT2D eigenvalue weighted by molar-refractivity contribution is 5.29. The standard InChI is InChI=1S/C17H29N3O/c1-5-8-20-16-7-9-19(4)12-15(16)10-14(17(20)21)11-18-13(3)6-2/h10,13,18H,5-9,11-12H2,1-4H3. The summed E-state index contributed by atoms with van der Waals surface area (Å²) in [6.45, 7) is 9.97. The molecule has 0 aromatic carbocycles. The van der Waals surface area contributed by atoms with Gasteiger partial charge in [0.25, 0.3) is 5.56 Å². The Balaban J connectivity index is 2.35. The maximum atomic E-state index is 12.7. The number of rotatable bonds is 6. The van der Waals surface area contributed by atoms with Crippen LogP contribution < -0.4 is 10.9 Å². The van der Waals surface area contributed by atoms with E-state index in [1.165, 1.54) is 11.3 Å². The van der Waals surface area contributed by atoms with Gasteiger partial charge in [-0.15, -0.1) is 0 Å². The summed E-state index contributed by atoms with van der Waals surface area (Å²) < 4.78 is 2.02. The van der Waals surface area contributed by atoms with Crippen LogP contribution in [-0.2, 0) is 26.1 Å². The molecule has 0 saturated heterocycles. The van der Waals surface area contributed by atoms with Gasteiger partial charge in [-0.25, -0.2) is 0 Å². The zero-order valence-electron chi connectivity index (χ0n) is 13.9. The quantitative estimate of drug-likeness (QED) is 0.872. The van der Waals surface area contributed by atoms with Crippen molar-refractivity contribution in [1.29, 1.82) is 0 Å². The van der Waals surface area contributed by atoms with Gasteiger partial charge in [0.2, 0.25) is 0 Å². The Hall–Kier alpha value is -1.13. The molecule has 1 aromatic heterocycles. The molecule has 1 aliphatic rings. The lowest BCUT2D eigenvalue weighted by atomic mass is 10.0. The maximum absolute atomic E-state index is 12.7. The largest absolute Gasteiger partial charge is 0.312 e. The van der Waals surface area contributed by atoms with Crippen LogP contribution in [0, 0.1) is 0 Å². The van der Waals surface area contributed by atoms with Gasteiger partial charge in [-0.3, -0.25) is 4.79 Å². The van der Waals surface area contributed by atoms with Crippen molar-refractivity contribution in [3.05, 3.63) is 33.2 Å². The van der Waals surface area contributed by atoms with Crippen LogP contribution in [0.1, 0.15) is 50.4 Å². The summed E-state index contributed by atoms with van der Waals surface area (Å²) in [5, 5.41) is 3.45. The molecule has 0 amide bonds. The Labute approximate surface area is 128 Å². The molecule has 0 radical (unpaired) electrons. The van der Waals surface area contributed by atoms with Gasteiger partial charge in [-0.2, -0.15) is 0 Å². The van der Waals surface area contributed by atoms with Crippen molar-refractivity contribution in [2.75, 3.05) is 13.6 Å². The molecule has 0 bridgehead atoms. The van der Waals surface area contributed by atoms with E-state index < -0.39 is 0 Å². The number of fused-ring (bicyclic) bond motifs is 1. The van der Waals surface area contributed by atoms with E-state index >= 15 is 0 Å². The van der Waals surface area contributed by atoms with Crippen LogP contribution in [0.25, 0.3) is 0 Å². The van der Waals surface area contributed by atoms with E-state index in [1.807, 2.05) is 4.57 Å². The van der Waals surface area contributed by atoms with Crippen molar-refractivity contribution in [1.82, 2.24) is 14.8 Å². The van der Waals surface area contributed by atoms with Gasteiger partial charge in [-0.05, 0) is 38.4 Å². The molecule has 0 fully saturated rings. The van der Waals surface area contributed by atoms with Crippen LogP contribution in [0.15, 0.2) is 10.9 Å². The smallest absolute Gasteiger partial charge is 0.255 e. The minimum Gasteiger partial charge on any atom is -0.312 e. The second-order valence-electron chi connectivity index (χ2n) is 6.28. The molecule has 1 aliphatic heterocycles. The van der Waals surface area contributed by atoms with E-state index in [0.717, 1.165) is 44.5 Å². The minimum atomic E-state index is 0.205. The first kappa shape index (κ1) is 16.2. The highest BCUT2D eigenvalue weighted by Crippen LogP contribution is 2.18. The Morgan fingerprint density at radius 3 is 2.81 bits per heavy atom. The fourth-order valence-corrected chi connectivity index (χ4v) is 2.94. The molecule has 1 N–H and O–H groups in total. The zero-order chi connectivity index (χ0) is 15.4. The Morgan fingerprint density at radius 2 is 2.14 bits per heavy atom. The summed E-state index contributed by atoms with van der Waals surface area (Å²) in [6, 6.07) is 2.58. The Morgan fingerprint density at radius 1 is 1.38 bits per heavy atom. The average Bonchev–Trinajstić information content (AvgIpc) is 2.48. The second-order valence-corrected chi connectivity index (χ2v) is 6.28. The van der Waals surface area contributed by atoms with E-state index in [-0.39, 0.29) is 5.56 Å². The lowest BCUT2D eigenvalue weighted by Gasteiger charge is -2.28. The van der Waals surface area contributed by atoms with Crippen molar-refractivity contribution in [2.45, 2.75) is 65.7 Å². The van der Waals surface area contributed by atoms with E-state index in [1.54, 1.807) is 0 Å². The molecule has 2 heterocycles. The predicted molar refractivity (Wildman–Crippen MR) is 87.6 cm³/mol.